The lowest BCUT2D eigenvalue weighted by molar-refractivity contribution is 0.0222. The van der Waals surface area contributed by atoms with Crippen molar-refractivity contribution >= 4 is 11.4 Å². The minimum Gasteiger partial charge on any atom is -0.506 e. The maximum atomic E-state index is 10.2. The van der Waals surface area contributed by atoms with Crippen molar-refractivity contribution in [1.29, 1.82) is 0 Å². The topological polar surface area (TPSA) is 53.4 Å². The maximum Gasteiger partial charge on any atom is 0.138 e. The van der Waals surface area contributed by atoms with Crippen LogP contribution >= 0.6 is 0 Å². The number of aromatic hydroxyl groups is 2. The van der Waals surface area contributed by atoms with E-state index in [0.29, 0.717) is 16.9 Å². The van der Waals surface area contributed by atoms with Crippen LogP contribution in [0, 0.1) is 5.41 Å². The average Bonchev–Trinajstić information content (AvgIpc) is 2.79. The van der Waals surface area contributed by atoms with Gasteiger partial charge in [-0.05, 0) is 42.5 Å². The summed E-state index contributed by atoms with van der Waals surface area (Å²) in [6.07, 6.45) is 4.04. The Hall–Kier alpha value is -2.44. The highest BCUT2D eigenvalue weighted by atomic mass is 16.3. The van der Waals surface area contributed by atoms with Gasteiger partial charge in [0.05, 0.1) is 11.4 Å². The molecule has 3 aliphatic rings. The number of hydrogen-bond donors (Lipinski definition) is 2. The number of phenolic OH excluding ortho intramolecular Hbond substituents is 2. The van der Waals surface area contributed by atoms with Crippen molar-refractivity contribution in [1.82, 2.24) is 9.80 Å². The van der Waals surface area contributed by atoms with Crippen LogP contribution in [0.25, 0.3) is 0 Å². The van der Waals surface area contributed by atoms with E-state index in [-0.39, 0.29) is 0 Å². The first kappa shape index (κ1) is 21.4. The van der Waals surface area contributed by atoms with Gasteiger partial charge in [0.25, 0.3) is 0 Å². The molecule has 0 unspecified atom stereocenters. The van der Waals surface area contributed by atoms with Gasteiger partial charge in [0.15, 0.2) is 0 Å². The zero-order valence-electron chi connectivity index (χ0n) is 19.0. The molecule has 2 heterocycles. The molecule has 1 saturated carbocycles. The third kappa shape index (κ3) is 4.52. The smallest absolute Gasteiger partial charge is 0.138 e. The van der Waals surface area contributed by atoms with Crippen molar-refractivity contribution in [3.63, 3.8) is 0 Å². The van der Waals surface area contributed by atoms with Crippen LogP contribution in [0.1, 0.15) is 19.3 Å². The molecule has 0 spiro atoms. The summed E-state index contributed by atoms with van der Waals surface area (Å²) in [4.78, 5) is 9.93. The van der Waals surface area contributed by atoms with E-state index in [1.54, 1.807) is 12.1 Å². The number of piperazine rings is 2. The van der Waals surface area contributed by atoms with E-state index in [4.69, 9.17) is 0 Å². The molecule has 2 aromatic carbocycles. The molecule has 0 aromatic heterocycles. The van der Waals surface area contributed by atoms with Crippen molar-refractivity contribution in [2.75, 3.05) is 75.2 Å². The van der Waals surface area contributed by atoms with E-state index in [1.807, 2.05) is 36.4 Å². The highest BCUT2D eigenvalue weighted by Gasteiger charge is 2.41. The third-order valence-corrected chi connectivity index (χ3v) is 7.72. The fourth-order valence-electron chi connectivity index (χ4n) is 5.75. The van der Waals surface area contributed by atoms with E-state index in [1.165, 1.54) is 32.4 Å². The Labute approximate surface area is 191 Å². The predicted octanol–water partition coefficient (Wildman–Crippen LogP) is 3.21. The average molecular weight is 437 g/mol. The summed E-state index contributed by atoms with van der Waals surface area (Å²) in [5, 5.41) is 20.3. The van der Waals surface area contributed by atoms with E-state index < -0.39 is 0 Å². The molecular weight excluding hydrogens is 400 g/mol. The van der Waals surface area contributed by atoms with Crippen molar-refractivity contribution < 1.29 is 10.2 Å². The highest BCUT2D eigenvalue weighted by Crippen LogP contribution is 2.43. The number of para-hydroxylation sites is 4. The van der Waals surface area contributed by atoms with Gasteiger partial charge in [0.1, 0.15) is 11.5 Å². The van der Waals surface area contributed by atoms with Gasteiger partial charge in [-0.1, -0.05) is 30.7 Å². The predicted molar refractivity (Wildman–Crippen MR) is 130 cm³/mol. The first-order chi connectivity index (χ1) is 15.6. The third-order valence-electron chi connectivity index (χ3n) is 7.72. The molecule has 0 atom stereocenters. The number of rotatable bonds is 6. The van der Waals surface area contributed by atoms with Gasteiger partial charge in [-0.2, -0.15) is 0 Å². The summed E-state index contributed by atoms with van der Waals surface area (Å²) in [7, 11) is 0. The van der Waals surface area contributed by atoms with E-state index in [2.05, 4.69) is 19.6 Å². The lowest BCUT2D eigenvalue weighted by atomic mass is 9.68. The summed E-state index contributed by atoms with van der Waals surface area (Å²) >= 11 is 0. The van der Waals surface area contributed by atoms with E-state index >= 15 is 0 Å². The Balaban J connectivity index is 1.12. The van der Waals surface area contributed by atoms with Crippen LogP contribution in [0.15, 0.2) is 48.5 Å². The second-order valence-electron chi connectivity index (χ2n) is 9.86. The molecular formula is C26H36N4O2. The lowest BCUT2D eigenvalue weighted by Gasteiger charge is -2.50. The number of nitrogens with zero attached hydrogens (tertiary/aromatic N) is 4. The summed E-state index contributed by atoms with van der Waals surface area (Å²) in [5.41, 5.74) is 2.37. The number of anilines is 2. The summed E-state index contributed by atoms with van der Waals surface area (Å²) in [5.74, 6) is 0.777. The van der Waals surface area contributed by atoms with Crippen LogP contribution in [0.4, 0.5) is 11.4 Å². The first-order valence-electron chi connectivity index (χ1n) is 12.1. The fourth-order valence-corrected chi connectivity index (χ4v) is 5.75. The van der Waals surface area contributed by atoms with Gasteiger partial charge < -0.3 is 20.0 Å². The standard InChI is InChI=1S/C26H36N4O2/c31-24-8-3-1-6-22(24)29-16-12-27(13-17-29)20-26(10-5-11-26)21-28-14-18-30(19-15-28)23-7-2-4-9-25(23)32/h1-4,6-9,31-32H,5,10-21H2. The minimum absolute atomic E-state index is 0.388. The SMILES string of the molecule is Oc1ccccc1N1CCN(CC2(CN3CCN(c4ccccc4O)CC3)CCC2)CC1. The van der Waals surface area contributed by atoms with E-state index in [9.17, 15) is 10.2 Å². The highest BCUT2D eigenvalue weighted by molar-refractivity contribution is 5.58. The maximum absolute atomic E-state index is 10.2. The molecule has 2 saturated heterocycles. The Morgan fingerprint density at radius 1 is 0.594 bits per heavy atom. The minimum atomic E-state index is 0.388. The molecule has 0 amide bonds. The van der Waals surface area contributed by atoms with Crippen molar-refractivity contribution in [2.45, 2.75) is 19.3 Å². The molecule has 1 aliphatic carbocycles. The Kier molecular flexibility index (Phi) is 6.15. The van der Waals surface area contributed by atoms with Crippen LogP contribution in [-0.2, 0) is 0 Å². The van der Waals surface area contributed by atoms with Crippen LogP contribution in [0.2, 0.25) is 0 Å². The largest absolute Gasteiger partial charge is 0.506 e. The van der Waals surface area contributed by atoms with Gasteiger partial charge >= 0.3 is 0 Å². The zero-order valence-corrected chi connectivity index (χ0v) is 19.0. The summed E-state index contributed by atoms with van der Waals surface area (Å²) in [6, 6.07) is 15.4. The second-order valence-corrected chi connectivity index (χ2v) is 9.86. The quantitative estimate of drug-likeness (QED) is 0.725. The van der Waals surface area contributed by atoms with Crippen LogP contribution in [0.3, 0.4) is 0 Å². The molecule has 2 N–H and O–H groups in total. The molecule has 2 aromatic rings. The zero-order chi connectivity index (χ0) is 22.0. The molecule has 172 valence electrons. The van der Waals surface area contributed by atoms with Crippen molar-refractivity contribution in [3.05, 3.63) is 48.5 Å². The van der Waals surface area contributed by atoms with Gasteiger partial charge in [0.2, 0.25) is 0 Å². The Morgan fingerprint density at radius 2 is 1.00 bits per heavy atom. The molecule has 32 heavy (non-hydrogen) atoms. The number of hydrogen-bond acceptors (Lipinski definition) is 6. The molecule has 3 fully saturated rings. The first-order valence-corrected chi connectivity index (χ1v) is 12.1. The van der Waals surface area contributed by atoms with Crippen LogP contribution in [-0.4, -0.2) is 85.5 Å². The summed E-state index contributed by atoms with van der Waals surface area (Å²) < 4.78 is 0. The van der Waals surface area contributed by atoms with Crippen molar-refractivity contribution in [2.24, 2.45) is 5.41 Å². The second kappa shape index (κ2) is 9.20. The number of phenols is 2. The summed E-state index contributed by atoms with van der Waals surface area (Å²) in [6.45, 7) is 10.6. The molecule has 6 heteroatoms. The van der Waals surface area contributed by atoms with Gasteiger partial charge in [-0.3, -0.25) is 9.80 Å². The fraction of sp³-hybridized carbons (Fsp3) is 0.538. The molecule has 6 nitrogen and oxygen atoms in total. The van der Waals surface area contributed by atoms with Crippen LogP contribution in [0.5, 0.6) is 11.5 Å². The lowest BCUT2D eigenvalue weighted by Crippen LogP contribution is -2.56. The van der Waals surface area contributed by atoms with Gasteiger partial charge in [-0.25, -0.2) is 0 Å². The molecule has 0 radical (unpaired) electrons. The van der Waals surface area contributed by atoms with Crippen LogP contribution < -0.4 is 9.80 Å². The Bertz CT molecular complexity index is 831. The van der Waals surface area contributed by atoms with Gasteiger partial charge in [-0.15, -0.1) is 0 Å². The normalized spacial score (nSPS) is 22.0. The molecule has 5 rings (SSSR count). The Morgan fingerprint density at radius 3 is 1.34 bits per heavy atom. The van der Waals surface area contributed by atoms with Gasteiger partial charge in [0, 0.05) is 65.4 Å². The van der Waals surface area contributed by atoms with E-state index in [0.717, 1.165) is 63.7 Å². The van der Waals surface area contributed by atoms with Crippen molar-refractivity contribution in [3.8, 4) is 11.5 Å². The molecule has 2 aliphatic heterocycles. The number of benzene rings is 2. The monoisotopic (exact) mass is 436 g/mol. The molecule has 0 bridgehead atoms.